The SMILES string of the molecule is CCCCCCCCCCCCCCC(=O)C(=O)NCC(CNC(=O)C(=O)CCCCCCCCCCCCCC)OC(=O)CCCCCCCCC. The van der Waals surface area contributed by atoms with Gasteiger partial charge in [0.2, 0.25) is 11.6 Å². The van der Waals surface area contributed by atoms with Crippen molar-refractivity contribution in [3.63, 3.8) is 0 Å². The van der Waals surface area contributed by atoms with Crippen molar-refractivity contribution in [1.82, 2.24) is 10.6 Å². The van der Waals surface area contributed by atoms with E-state index in [9.17, 15) is 24.0 Å². The van der Waals surface area contributed by atoms with Gasteiger partial charge in [-0.25, -0.2) is 0 Å². The number of unbranched alkanes of at least 4 members (excludes halogenated alkanes) is 28. The van der Waals surface area contributed by atoms with Crippen LogP contribution in [0, 0.1) is 0 Å². The van der Waals surface area contributed by atoms with Crippen molar-refractivity contribution in [3.8, 4) is 0 Å². The number of carbonyl (C=O) groups excluding carboxylic acids is 5. The highest BCUT2D eigenvalue weighted by molar-refractivity contribution is 6.36. The Hall–Kier alpha value is -2.25. The first-order valence-electron chi connectivity index (χ1n) is 22.7. The maximum absolute atomic E-state index is 12.6. The highest BCUT2D eigenvalue weighted by Gasteiger charge is 2.21. The normalized spacial score (nSPS) is 11.2. The van der Waals surface area contributed by atoms with E-state index >= 15 is 0 Å². The lowest BCUT2D eigenvalue weighted by molar-refractivity contribution is -0.150. The molecule has 0 atom stereocenters. The third-order valence-corrected chi connectivity index (χ3v) is 10.3. The number of amides is 2. The summed E-state index contributed by atoms with van der Waals surface area (Å²) >= 11 is 0. The Morgan fingerprint density at radius 1 is 0.358 bits per heavy atom. The molecule has 53 heavy (non-hydrogen) atoms. The molecule has 0 aliphatic rings. The lowest BCUT2D eigenvalue weighted by Gasteiger charge is -2.19. The van der Waals surface area contributed by atoms with Gasteiger partial charge in [0.1, 0.15) is 6.10 Å². The van der Waals surface area contributed by atoms with E-state index in [4.69, 9.17) is 4.74 Å². The fourth-order valence-electron chi connectivity index (χ4n) is 6.72. The summed E-state index contributed by atoms with van der Waals surface area (Å²) in [6.45, 7) is 6.47. The van der Waals surface area contributed by atoms with E-state index in [1.165, 1.54) is 122 Å². The van der Waals surface area contributed by atoms with Crippen LogP contribution in [-0.2, 0) is 28.7 Å². The second kappa shape index (κ2) is 39.4. The molecule has 8 heteroatoms. The molecule has 0 aromatic heterocycles. The molecule has 0 aromatic carbocycles. The molecule has 0 saturated heterocycles. The average Bonchev–Trinajstić information content (AvgIpc) is 3.15. The molecule has 0 radical (unpaired) electrons. The van der Waals surface area contributed by atoms with Gasteiger partial charge in [0.25, 0.3) is 11.8 Å². The average molecular weight is 749 g/mol. The molecule has 2 N–H and O–H groups in total. The van der Waals surface area contributed by atoms with Crippen LogP contribution in [-0.4, -0.2) is 48.5 Å². The minimum absolute atomic E-state index is 0.0982. The monoisotopic (exact) mass is 749 g/mol. The van der Waals surface area contributed by atoms with Crippen LogP contribution in [0.5, 0.6) is 0 Å². The highest BCUT2D eigenvalue weighted by atomic mass is 16.5. The van der Waals surface area contributed by atoms with Gasteiger partial charge in [-0.3, -0.25) is 24.0 Å². The number of hydrogen-bond donors (Lipinski definition) is 2. The Morgan fingerprint density at radius 2 is 0.604 bits per heavy atom. The molecule has 2 amide bonds. The topological polar surface area (TPSA) is 119 Å². The molecule has 0 aliphatic heterocycles. The number of carbonyl (C=O) groups is 5. The van der Waals surface area contributed by atoms with Gasteiger partial charge in [-0.1, -0.05) is 201 Å². The zero-order valence-electron chi connectivity index (χ0n) is 35.0. The third-order valence-electron chi connectivity index (χ3n) is 10.3. The fourth-order valence-corrected chi connectivity index (χ4v) is 6.72. The van der Waals surface area contributed by atoms with Crippen LogP contribution in [0.25, 0.3) is 0 Å². The number of nitrogens with one attached hydrogen (secondary N) is 2. The van der Waals surface area contributed by atoms with E-state index in [0.717, 1.165) is 57.8 Å². The molecule has 0 aromatic rings. The predicted molar refractivity (Wildman–Crippen MR) is 220 cm³/mol. The van der Waals surface area contributed by atoms with Crippen molar-refractivity contribution in [2.75, 3.05) is 13.1 Å². The maximum Gasteiger partial charge on any atom is 0.306 e. The maximum atomic E-state index is 12.6. The van der Waals surface area contributed by atoms with Crippen LogP contribution in [0.4, 0.5) is 0 Å². The molecule has 0 spiro atoms. The lowest BCUT2D eigenvalue weighted by atomic mass is 10.0. The Labute approximate surface area is 326 Å². The van der Waals surface area contributed by atoms with Gasteiger partial charge in [-0.15, -0.1) is 0 Å². The number of ether oxygens (including phenoxy) is 1. The Balaban J connectivity index is 4.49. The molecule has 0 rings (SSSR count). The molecule has 0 saturated carbocycles. The number of Topliss-reactive ketones (excluding diaryl/α,β-unsaturated/α-hetero) is 2. The number of rotatable bonds is 41. The summed E-state index contributed by atoms with van der Waals surface area (Å²) in [5.41, 5.74) is 0. The Bertz CT molecular complexity index is 851. The fraction of sp³-hybridized carbons (Fsp3) is 0.889. The smallest absolute Gasteiger partial charge is 0.306 e. The molecule has 0 bridgehead atoms. The van der Waals surface area contributed by atoms with Crippen molar-refractivity contribution < 1.29 is 28.7 Å². The van der Waals surface area contributed by atoms with E-state index in [0.29, 0.717) is 19.3 Å². The minimum atomic E-state index is -0.862. The highest BCUT2D eigenvalue weighted by Crippen LogP contribution is 2.14. The minimum Gasteiger partial charge on any atom is -0.459 e. The van der Waals surface area contributed by atoms with Crippen LogP contribution in [0.1, 0.15) is 239 Å². The second-order valence-corrected chi connectivity index (χ2v) is 15.5. The second-order valence-electron chi connectivity index (χ2n) is 15.5. The van der Waals surface area contributed by atoms with E-state index in [2.05, 4.69) is 31.4 Å². The summed E-state index contributed by atoms with van der Waals surface area (Å²) in [7, 11) is 0. The van der Waals surface area contributed by atoms with Crippen LogP contribution < -0.4 is 10.6 Å². The first kappa shape index (κ1) is 50.8. The van der Waals surface area contributed by atoms with Gasteiger partial charge in [0.15, 0.2) is 0 Å². The largest absolute Gasteiger partial charge is 0.459 e. The van der Waals surface area contributed by atoms with Gasteiger partial charge in [0.05, 0.1) is 13.1 Å². The van der Waals surface area contributed by atoms with E-state index in [-0.39, 0.29) is 32.4 Å². The van der Waals surface area contributed by atoms with Gasteiger partial charge in [-0.2, -0.15) is 0 Å². The number of ketones is 2. The quantitative estimate of drug-likeness (QED) is 0.0365. The van der Waals surface area contributed by atoms with Crippen LogP contribution in [0.15, 0.2) is 0 Å². The molecule has 0 aliphatic carbocycles. The number of esters is 1. The lowest BCUT2D eigenvalue weighted by Crippen LogP contribution is -2.45. The van der Waals surface area contributed by atoms with Crippen molar-refractivity contribution in [3.05, 3.63) is 0 Å². The summed E-state index contributed by atoms with van der Waals surface area (Å²) in [4.78, 5) is 62.8. The van der Waals surface area contributed by atoms with E-state index in [1.54, 1.807) is 0 Å². The summed E-state index contributed by atoms with van der Waals surface area (Å²) in [5.74, 6) is -2.76. The van der Waals surface area contributed by atoms with Crippen molar-refractivity contribution in [2.24, 2.45) is 0 Å². The van der Waals surface area contributed by atoms with Crippen LogP contribution >= 0.6 is 0 Å². The summed E-state index contributed by atoms with van der Waals surface area (Å²) < 4.78 is 5.62. The van der Waals surface area contributed by atoms with E-state index in [1.807, 2.05) is 0 Å². The van der Waals surface area contributed by atoms with Gasteiger partial charge in [0, 0.05) is 19.3 Å². The number of hydrogen-bond acceptors (Lipinski definition) is 6. The third kappa shape index (κ3) is 35.2. The first-order chi connectivity index (χ1) is 25.8. The van der Waals surface area contributed by atoms with Crippen molar-refractivity contribution >= 4 is 29.4 Å². The predicted octanol–water partition coefficient (Wildman–Crippen LogP) is 11.6. The van der Waals surface area contributed by atoms with Crippen molar-refractivity contribution in [2.45, 2.75) is 245 Å². The molecule has 8 nitrogen and oxygen atoms in total. The molecule has 0 heterocycles. The summed E-state index contributed by atoms with van der Waals surface area (Å²) in [6.07, 6.45) is 35.8. The molecule has 0 fully saturated rings. The Kier molecular flexibility index (Phi) is 37.8. The van der Waals surface area contributed by atoms with Gasteiger partial charge in [-0.05, 0) is 19.3 Å². The standard InChI is InChI=1S/C45H84N2O6/c1-4-7-10-13-16-18-20-22-24-27-29-32-35-41(48)44(51)46-38-40(53-43(50)37-34-31-26-15-12-9-6-3)39-47-45(52)42(49)36-33-30-28-25-23-21-19-17-14-11-8-5-2/h40H,4-39H2,1-3H3,(H,46,51)(H,47,52). The molecular weight excluding hydrogens is 665 g/mol. The van der Waals surface area contributed by atoms with Crippen LogP contribution in [0.3, 0.4) is 0 Å². The van der Waals surface area contributed by atoms with Crippen molar-refractivity contribution in [1.29, 1.82) is 0 Å². The summed E-state index contributed by atoms with van der Waals surface area (Å²) in [5, 5.41) is 5.21. The zero-order valence-corrected chi connectivity index (χ0v) is 35.0. The van der Waals surface area contributed by atoms with Crippen LogP contribution in [0.2, 0.25) is 0 Å². The summed E-state index contributed by atoms with van der Waals surface area (Å²) in [6, 6.07) is 0. The molecule has 0 unspecified atom stereocenters. The Morgan fingerprint density at radius 3 is 0.887 bits per heavy atom. The zero-order chi connectivity index (χ0) is 39.0. The molecule has 310 valence electrons. The first-order valence-corrected chi connectivity index (χ1v) is 22.7. The molecular formula is C45H84N2O6. The van der Waals surface area contributed by atoms with Gasteiger partial charge >= 0.3 is 5.97 Å². The van der Waals surface area contributed by atoms with Gasteiger partial charge < -0.3 is 15.4 Å². The van der Waals surface area contributed by atoms with E-state index < -0.39 is 35.5 Å².